The number of nitrogens with two attached hydrogens (primary N) is 1. The van der Waals surface area contributed by atoms with Crippen molar-refractivity contribution < 1.29 is 22.8 Å². The third-order valence-electron chi connectivity index (χ3n) is 5.77. The molecule has 4 atom stereocenters. The Bertz CT molecular complexity index is 1460. The van der Waals surface area contributed by atoms with Gasteiger partial charge in [0.1, 0.15) is 27.8 Å². The lowest BCUT2D eigenvalue weighted by Crippen LogP contribution is -2.36. The van der Waals surface area contributed by atoms with E-state index in [4.69, 9.17) is 16.7 Å². The zero-order valence-electron chi connectivity index (χ0n) is 18.0. The fourth-order valence-electron chi connectivity index (χ4n) is 4.09. The van der Waals surface area contributed by atoms with Crippen molar-refractivity contribution in [2.75, 3.05) is 11.9 Å². The number of benzene rings is 1. The van der Waals surface area contributed by atoms with Crippen LogP contribution in [-0.4, -0.2) is 63.1 Å². The Hall–Kier alpha value is -2.65. The summed E-state index contributed by atoms with van der Waals surface area (Å²) in [7, 11) is -4.16. The number of nitrogens with one attached hydrogen (secondary N) is 1. The van der Waals surface area contributed by atoms with E-state index in [2.05, 4.69) is 24.6 Å². The Morgan fingerprint density at radius 2 is 1.94 bits per heavy atom. The van der Waals surface area contributed by atoms with Crippen molar-refractivity contribution in [2.45, 2.75) is 24.7 Å². The summed E-state index contributed by atoms with van der Waals surface area (Å²) in [4.78, 5) is 9.01. The predicted octanol–water partition coefficient (Wildman–Crippen LogP) is 1.92. The number of aromatic nitrogens is 4. The fourth-order valence-corrected chi connectivity index (χ4v) is 5.43. The standard InChI is InChI=1S/C21H21ClN6O5S2/c22-16-8-18(24-13-6-12(19(29)20(13)30)9-33-35(23,31)32)28-17(26-16)7-14(27-28)21-25-15(10-34-21)11-4-2-1-3-5-11/h1-5,7-8,10,12-13,19-20,24,29-30H,6,9H2,(H2,23,31,32)/t12-,13-,19-,20+/m1/s1. The highest BCUT2D eigenvalue weighted by Crippen LogP contribution is 2.32. The highest BCUT2D eigenvalue weighted by molar-refractivity contribution is 7.84. The average molecular weight is 537 g/mol. The average Bonchev–Trinajstić information content (AvgIpc) is 3.52. The molecule has 1 aromatic carbocycles. The molecule has 1 fully saturated rings. The lowest BCUT2D eigenvalue weighted by atomic mass is 10.1. The van der Waals surface area contributed by atoms with Crippen LogP contribution in [0.2, 0.25) is 5.15 Å². The van der Waals surface area contributed by atoms with Crippen LogP contribution in [0, 0.1) is 5.92 Å². The van der Waals surface area contributed by atoms with Crippen LogP contribution in [0.5, 0.6) is 0 Å². The number of rotatable bonds is 7. The molecule has 0 radical (unpaired) electrons. The molecule has 14 heteroatoms. The number of hydrogen-bond acceptors (Lipinski definition) is 10. The number of nitrogens with zero attached hydrogens (tertiary/aromatic N) is 4. The van der Waals surface area contributed by atoms with Gasteiger partial charge in [0, 0.05) is 29.0 Å². The molecule has 3 heterocycles. The van der Waals surface area contributed by atoms with Gasteiger partial charge in [-0.2, -0.15) is 18.0 Å². The van der Waals surface area contributed by atoms with Gasteiger partial charge in [0.05, 0.1) is 24.4 Å². The number of hydrogen-bond donors (Lipinski definition) is 4. The molecule has 4 aromatic rings. The molecule has 0 saturated heterocycles. The van der Waals surface area contributed by atoms with Crippen molar-refractivity contribution in [3.8, 4) is 22.0 Å². The van der Waals surface area contributed by atoms with Crippen LogP contribution in [0.15, 0.2) is 47.8 Å². The Balaban J connectivity index is 1.40. The molecule has 1 aliphatic rings. The second-order valence-electron chi connectivity index (χ2n) is 8.17. The zero-order valence-corrected chi connectivity index (χ0v) is 20.4. The SMILES string of the molecule is NS(=O)(=O)OC[C@H]1C[C@@H](Nc2cc(Cl)nc3cc(-c4nc(-c5ccccc5)cs4)nn23)[C@H](O)[C@@H]1O. The minimum atomic E-state index is -4.16. The minimum Gasteiger partial charge on any atom is -0.390 e. The molecule has 5 N–H and O–H groups in total. The van der Waals surface area contributed by atoms with E-state index in [9.17, 15) is 18.6 Å². The van der Waals surface area contributed by atoms with E-state index in [-0.39, 0.29) is 18.2 Å². The third kappa shape index (κ3) is 5.16. The zero-order chi connectivity index (χ0) is 24.7. The maximum Gasteiger partial charge on any atom is 0.333 e. The number of aliphatic hydroxyl groups excluding tert-OH is 2. The van der Waals surface area contributed by atoms with Crippen molar-refractivity contribution in [3.05, 3.63) is 53.0 Å². The number of halogens is 1. The molecule has 0 amide bonds. The largest absolute Gasteiger partial charge is 0.390 e. The molecule has 184 valence electrons. The highest BCUT2D eigenvalue weighted by Gasteiger charge is 2.42. The van der Waals surface area contributed by atoms with Gasteiger partial charge in [-0.3, -0.25) is 4.18 Å². The van der Waals surface area contributed by atoms with E-state index in [1.165, 1.54) is 15.9 Å². The molecule has 0 bridgehead atoms. The van der Waals surface area contributed by atoms with Crippen LogP contribution in [-0.2, 0) is 14.5 Å². The normalized spacial score (nSPS) is 22.6. The van der Waals surface area contributed by atoms with Gasteiger partial charge in [0.2, 0.25) is 0 Å². The summed E-state index contributed by atoms with van der Waals surface area (Å²) in [5.41, 5.74) is 2.90. The van der Waals surface area contributed by atoms with Gasteiger partial charge in [0.15, 0.2) is 5.65 Å². The van der Waals surface area contributed by atoms with Crippen LogP contribution < -0.4 is 10.5 Å². The van der Waals surface area contributed by atoms with Gasteiger partial charge >= 0.3 is 10.3 Å². The second-order valence-corrected chi connectivity index (χ2v) is 10.6. The van der Waals surface area contributed by atoms with Gasteiger partial charge in [-0.15, -0.1) is 11.3 Å². The summed E-state index contributed by atoms with van der Waals surface area (Å²) in [6, 6.07) is 12.5. The monoisotopic (exact) mass is 536 g/mol. The van der Waals surface area contributed by atoms with E-state index >= 15 is 0 Å². The summed E-state index contributed by atoms with van der Waals surface area (Å²) in [6.45, 7) is -0.346. The number of fused-ring (bicyclic) bond motifs is 1. The van der Waals surface area contributed by atoms with Gasteiger partial charge in [-0.05, 0) is 6.42 Å². The highest BCUT2D eigenvalue weighted by atomic mass is 35.5. The Morgan fingerprint density at radius 3 is 2.69 bits per heavy atom. The first-order valence-corrected chi connectivity index (χ1v) is 13.3. The molecule has 5 rings (SSSR count). The summed E-state index contributed by atoms with van der Waals surface area (Å²) in [5.74, 6) is -0.205. The van der Waals surface area contributed by atoms with Gasteiger partial charge < -0.3 is 15.5 Å². The Labute approximate surface area is 209 Å². The molecule has 0 spiro atoms. The minimum absolute atomic E-state index is 0.206. The smallest absolute Gasteiger partial charge is 0.333 e. The van der Waals surface area contributed by atoms with E-state index in [1.807, 2.05) is 35.7 Å². The van der Waals surface area contributed by atoms with Crippen LogP contribution in [0.3, 0.4) is 0 Å². The van der Waals surface area contributed by atoms with Crippen molar-refractivity contribution in [3.63, 3.8) is 0 Å². The van der Waals surface area contributed by atoms with Gasteiger partial charge in [-0.1, -0.05) is 41.9 Å². The number of thiazole rings is 1. The quantitative estimate of drug-likeness (QED) is 0.258. The molecular formula is C21H21ClN6O5S2. The van der Waals surface area contributed by atoms with Gasteiger partial charge in [-0.25, -0.2) is 15.1 Å². The first-order valence-electron chi connectivity index (χ1n) is 10.6. The summed E-state index contributed by atoms with van der Waals surface area (Å²) in [5, 5.41) is 36.4. The van der Waals surface area contributed by atoms with Crippen molar-refractivity contribution in [1.29, 1.82) is 0 Å². The maximum absolute atomic E-state index is 11.1. The number of anilines is 1. The maximum atomic E-state index is 11.1. The summed E-state index contributed by atoms with van der Waals surface area (Å²) >= 11 is 7.67. The first-order chi connectivity index (χ1) is 16.7. The number of aliphatic hydroxyl groups is 2. The second kappa shape index (κ2) is 9.43. The molecule has 0 aliphatic heterocycles. The van der Waals surface area contributed by atoms with Crippen molar-refractivity contribution in [2.24, 2.45) is 11.1 Å². The van der Waals surface area contributed by atoms with Crippen LogP contribution in [0.1, 0.15) is 6.42 Å². The third-order valence-corrected chi connectivity index (χ3v) is 7.29. The van der Waals surface area contributed by atoms with Crippen LogP contribution >= 0.6 is 22.9 Å². The summed E-state index contributed by atoms with van der Waals surface area (Å²) < 4.78 is 28.3. The van der Waals surface area contributed by atoms with E-state index in [0.717, 1.165) is 11.3 Å². The predicted molar refractivity (Wildman–Crippen MR) is 131 cm³/mol. The lowest BCUT2D eigenvalue weighted by molar-refractivity contribution is 0.00777. The van der Waals surface area contributed by atoms with Crippen LogP contribution in [0.4, 0.5) is 5.82 Å². The molecule has 1 aliphatic carbocycles. The van der Waals surface area contributed by atoms with E-state index < -0.39 is 34.5 Å². The van der Waals surface area contributed by atoms with Gasteiger partial charge in [0.25, 0.3) is 0 Å². The Morgan fingerprint density at radius 1 is 1.17 bits per heavy atom. The molecule has 3 aromatic heterocycles. The molecule has 1 saturated carbocycles. The Kier molecular flexibility index (Phi) is 6.48. The van der Waals surface area contributed by atoms with Crippen LogP contribution in [0.25, 0.3) is 27.6 Å². The molecule has 11 nitrogen and oxygen atoms in total. The van der Waals surface area contributed by atoms with E-state index in [1.54, 1.807) is 12.1 Å². The lowest BCUT2D eigenvalue weighted by Gasteiger charge is -2.19. The molecule has 0 unspecified atom stereocenters. The molecular weight excluding hydrogens is 516 g/mol. The summed E-state index contributed by atoms with van der Waals surface area (Å²) in [6.07, 6.45) is -2.17. The van der Waals surface area contributed by atoms with E-state index in [0.29, 0.717) is 22.2 Å². The topological polar surface area (TPSA) is 165 Å². The first kappa shape index (κ1) is 24.1. The molecule has 35 heavy (non-hydrogen) atoms. The fraction of sp³-hybridized carbons (Fsp3) is 0.286. The van der Waals surface area contributed by atoms with Crippen molar-refractivity contribution in [1.82, 2.24) is 19.6 Å². The van der Waals surface area contributed by atoms with Crippen molar-refractivity contribution >= 4 is 44.7 Å².